The Morgan fingerprint density at radius 2 is 1.75 bits per heavy atom. The van der Waals surface area contributed by atoms with Crippen molar-refractivity contribution in [3.8, 4) is 0 Å². The van der Waals surface area contributed by atoms with E-state index in [0.29, 0.717) is 22.5 Å². The minimum atomic E-state index is 0.403. The summed E-state index contributed by atoms with van der Waals surface area (Å²) in [4.78, 5) is 12.1. The summed E-state index contributed by atoms with van der Waals surface area (Å²) in [6.07, 6.45) is 16.6. The van der Waals surface area contributed by atoms with E-state index in [1.807, 2.05) is 5.57 Å². The van der Waals surface area contributed by atoms with Crippen molar-refractivity contribution in [2.45, 2.75) is 105 Å². The molecular formula is C27H44O. The standard InChI is InChI=1S/C27H44O/c1-18(2)7-6-8-19(3)23-11-12-24-22-10-9-20-17-21(28)13-15-26(20,4)25(22)14-16-27(23,24)5/h10,18-20,23-25H,6-9,11-17H2,1-5H3/t19?,20-,23?,24?,25?,26?,27?/m0/s1. The largest absolute Gasteiger partial charge is 0.300 e. The molecule has 0 saturated heterocycles. The van der Waals surface area contributed by atoms with E-state index in [2.05, 4.69) is 40.7 Å². The molecular weight excluding hydrogens is 340 g/mol. The van der Waals surface area contributed by atoms with Crippen LogP contribution in [0.25, 0.3) is 0 Å². The molecule has 0 radical (unpaired) electrons. The van der Waals surface area contributed by atoms with Crippen LogP contribution in [0.15, 0.2) is 11.6 Å². The van der Waals surface area contributed by atoms with E-state index in [0.717, 1.165) is 48.9 Å². The molecule has 0 bridgehead atoms. The average Bonchev–Trinajstić information content (AvgIpc) is 2.99. The van der Waals surface area contributed by atoms with Crippen molar-refractivity contribution in [1.29, 1.82) is 0 Å². The van der Waals surface area contributed by atoms with Crippen molar-refractivity contribution in [2.75, 3.05) is 0 Å². The molecule has 28 heavy (non-hydrogen) atoms. The van der Waals surface area contributed by atoms with Gasteiger partial charge in [-0.25, -0.2) is 0 Å². The van der Waals surface area contributed by atoms with Gasteiger partial charge in [0.25, 0.3) is 0 Å². The second kappa shape index (κ2) is 7.59. The molecule has 0 aromatic carbocycles. The van der Waals surface area contributed by atoms with Crippen molar-refractivity contribution >= 4 is 5.78 Å². The molecule has 4 rings (SSSR count). The fourth-order valence-electron chi connectivity index (χ4n) is 8.33. The van der Waals surface area contributed by atoms with Crippen LogP contribution in [0.1, 0.15) is 105 Å². The molecule has 3 saturated carbocycles. The van der Waals surface area contributed by atoms with Crippen molar-refractivity contribution in [3.05, 3.63) is 11.6 Å². The third kappa shape index (κ3) is 3.33. The van der Waals surface area contributed by atoms with Crippen molar-refractivity contribution in [3.63, 3.8) is 0 Å². The molecule has 4 aliphatic rings. The smallest absolute Gasteiger partial charge is 0.133 e. The van der Waals surface area contributed by atoms with Crippen molar-refractivity contribution < 1.29 is 4.79 Å². The van der Waals surface area contributed by atoms with E-state index in [1.165, 1.54) is 51.4 Å². The lowest BCUT2D eigenvalue weighted by atomic mass is 9.47. The van der Waals surface area contributed by atoms with E-state index >= 15 is 0 Å². The quantitative estimate of drug-likeness (QED) is 0.446. The Balaban J connectivity index is 1.51. The molecule has 0 amide bonds. The fourth-order valence-corrected chi connectivity index (χ4v) is 8.33. The highest BCUT2D eigenvalue weighted by molar-refractivity contribution is 5.79. The van der Waals surface area contributed by atoms with Crippen LogP contribution in [0.3, 0.4) is 0 Å². The van der Waals surface area contributed by atoms with Crippen molar-refractivity contribution in [2.24, 2.45) is 46.3 Å². The first kappa shape index (κ1) is 20.7. The summed E-state index contributed by atoms with van der Waals surface area (Å²) in [5, 5.41) is 0. The average molecular weight is 385 g/mol. The summed E-state index contributed by atoms with van der Waals surface area (Å²) in [5.74, 6) is 5.40. The number of hydrogen-bond acceptors (Lipinski definition) is 1. The number of carbonyl (C=O) groups is 1. The van der Waals surface area contributed by atoms with E-state index < -0.39 is 0 Å². The molecule has 7 atom stereocenters. The van der Waals surface area contributed by atoms with Gasteiger partial charge in [0.1, 0.15) is 5.78 Å². The number of Topliss-reactive ketones (excluding diaryl/α,β-unsaturated/α-hetero) is 1. The Hall–Kier alpha value is -0.590. The van der Waals surface area contributed by atoms with Gasteiger partial charge in [0.15, 0.2) is 0 Å². The van der Waals surface area contributed by atoms with Gasteiger partial charge in [-0.15, -0.1) is 0 Å². The lowest BCUT2D eigenvalue weighted by Crippen LogP contribution is -2.49. The summed E-state index contributed by atoms with van der Waals surface area (Å²) in [7, 11) is 0. The molecule has 0 aromatic heterocycles. The molecule has 3 fully saturated rings. The number of ketones is 1. The Kier molecular flexibility index (Phi) is 5.60. The number of hydrogen-bond donors (Lipinski definition) is 0. The molecule has 0 aliphatic heterocycles. The van der Waals surface area contributed by atoms with Crippen LogP contribution in [-0.4, -0.2) is 5.78 Å². The van der Waals surface area contributed by atoms with Gasteiger partial charge < -0.3 is 0 Å². The zero-order valence-corrected chi connectivity index (χ0v) is 19.2. The number of carbonyl (C=O) groups excluding carboxylic acids is 1. The monoisotopic (exact) mass is 384 g/mol. The minimum Gasteiger partial charge on any atom is -0.300 e. The van der Waals surface area contributed by atoms with Crippen LogP contribution < -0.4 is 0 Å². The number of fused-ring (bicyclic) bond motifs is 5. The third-order valence-corrected chi connectivity index (χ3v) is 10.1. The SMILES string of the molecule is CC(C)CCCC(C)C1CCC2C3=CC[C@H]4CC(=O)CCC4(C)C3CCC21C. The predicted octanol–water partition coefficient (Wildman–Crippen LogP) is 7.60. The fraction of sp³-hybridized carbons (Fsp3) is 0.889. The van der Waals surface area contributed by atoms with Gasteiger partial charge in [-0.3, -0.25) is 4.79 Å². The van der Waals surface area contributed by atoms with Gasteiger partial charge in [-0.2, -0.15) is 0 Å². The molecule has 6 unspecified atom stereocenters. The minimum absolute atomic E-state index is 0.403. The normalized spacial score (nSPS) is 43.9. The second-order valence-electron chi connectivity index (χ2n) is 12.0. The zero-order chi connectivity index (χ0) is 20.1. The summed E-state index contributed by atoms with van der Waals surface area (Å²) in [5.41, 5.74) is 2.78. The van der Waals surface area contributed by atoms with E-state index in [1.54, 1.807) is 0 Å². The van der Waals surface area contributed by atoms with Crippen LogP contribution in [0, 0.1) is 46.3 Å². The van der Waals surface area contributed by atoms with E-state index in [-0.39, 0.29) is 0 Å². The lowest BCUT2D eigenvalue weighted by Gasteiger charge is -2.57. The second-order valence-corrected chi connectivity index (χ2v) is 12.0. The van der Waals surface area contributed by atoms with Gasteiger partial charge in [-0.05, 0) is 84.9 Å². The number of rotatable bonds is 5. The summed E-state index contributed by atoms with van der Waals surface area (Å²) < 4.78 is 0. The first-order chi connectivity index (χ1) is 13.3. The lowest BCUT2D eigenvalue weighted by molar-refractivity contribution is -0.127. The van der Waals surface area contributed by atoms with Gasteiger partial charge in [-0.1, -0.05) is 65.5 Å². The highest BCUT2D eigenvalue weighted by Gasteiger charge is 2.58. The Labute approximate surface area is 174 Å². The maximum atomic E-state index is 12.1. The topological polar surface area (TPSA) is 17.1 Å². The highest BCUT2D eigenvalue weighted by atomic mass is 16.1. The summed E-state index contributed by atoms with van der Waals surface area (Å²) in [6, 6.07) is 0. The molecule has 158 valence electrons. The predicted molar refractivity (Wildman–Crippen MR) is 118 cm³/mol. The van der Waals surface area contributed by atoms with Crippen molar-refractivity contribution in [1.82, 2.24) is 0 Å². The Morgan fingerprint density at radius 1 is 1.00 bits per heavy atom. The summed E-state index contributed by atoms with van der Waals surface area (Å²) in [6.45, 7) is 12.5. The Bertz CT molecular complexity index is 630. The summed E-state index contributed by atoms with van der Waals surface area (Å²) >= 11 is 0. The molecule has 0 heterocycles. The first-order valence-electron chi connectivity index (χ1n) is 12.5. The maximum absolute atomic E-state index is 12.1. The van der Waals surface area contributed by atoms with Crippen LogP contribution in [0.2, 0.25) is 0 Å². The van der Waals surface area contributed by atoms with E-state index in [4.69, 9.17) is 0 Å². The maximum Gasteiger partial charge on any atom is 0.133 e. The first-order valence-corrected chi connectivity index (χ1v) is 12.5. The van der Waals surface area contributed by atoms with Gasteiger partial charge in [0.2, 0.25) is 0 Å². The molecule has 4 aliphatic carbocycles. The Morgan fingerprint density at radius 3 is 2.50 bits per heavy atom. The van der Waals surface area contributed by atoms with Gasteiger partial charge in [0.05, 0.1) is 0 Å². The molecule has 1 heteroatoms. The van der Waals surface area contributed by atoms with Crippen LogP contribution in [0.5, 0.6) is 0 Å². The number of allylic oxidation sites excluding steroid dienone is 2. The highest BCUT2D eigenvalue weighted by Crippen LogP contribution is 2.66. The third-order valence-electron chi connectivity index (χ3n) is 10.1. The molecule has 0 spiro atoms. The molecule has 0 N–H and O–H groups in total. The zero-order valence-electron chi connectivity index (χ0n) is 19.2. The van der Waals surface area contributed by atoms with Crippen LogP contribution in [0.4, 0.5) is 0 Å². The molecule has 1 nitrogen and oxygen atoms in total. The van der Waals surface area contributed by atoms with Gasteiger partial charge in [0, 0.05) is 12.8 Å². The van der Waals surface area contributed by atoms with Crippen LogP contribution in [-0.2, 0) is 4.79 Å². The molecule has 0 aromatic rings. The van der Waals surface area contributed by atoms with E-state index in [9.17, 15) is 4.79 Å². The van der Waals surface area contributed by atoms with Crippen LogP contribution >= 0.6 is 0 Å². The van der Waals surface area contributed by atoms with Gasteiger partial charge >= 0.3 is 0 Å².